The molecule has 3 rings (SSSR count). The largest absolute Gasteiger partial charge is 0.462 e. The second-order valence-corrected chi connectivity index (χ2v) is 8.03. The van der Waals surface area contributed by atoms with E-state index in [4.69, 9.17) is 4.74 Å². The highest BCUT2D eigenvalue weighted by Crippen LogP contribution is 2.29. The molecule has 30 heavy (non-hydrogen) atoms. The van der Waals surface area contributed by atoms with Gasteiger partial charge in [0.15, 0.2) is 5.57 Å². The average Bonchev–Trinajstić information content (AvgIpc) is 2.68. The van der Waals surface area contributed by atoms with Crippen LogP contribution < -0.4 is 15.4 Å². The molecule has 0 spiro atoms. The Bertz CT molecular complexity index is 1150. The Morgan fingerprint density at radius 1 is 1.00 bits per heavy atom. The van der Waals surface area contributed by atoms with Crippen molar-refractivity contribution in [1.29, 1.82) is 0 Å². The summed E-state index contributed by atoms with van der Waals surface area (Å²) in [5.41, 5.74) is 0.546. The summed E-state index contributed by atoms with van der Waals surface area (Å²) in [6.07, 6.45) is 0. The van der Waals surface area contributed by atoms with Crippen LogP contribution >= 0.6 is 0 Å². The molecule has 0 fully saturated rings. The number of carbonyl (C=O) groups is 3. The Hall–Kier alpha value is -3.66. The van der Waals surface area contributed by atoms with Crippen LogP contribution in [-0.2, 0) is 29.1 Å². The lowest BCUT2D eigenvalue weighted by Gasteiger charge is -2.22. The molecular formula is C20H19N3O6S. The Morgan fingerprint density at radius 2 is 1.60 bits per heavy atom. The first-order valence-corrected chi connectivity index (χ1v) is 10.4. The maximum atomic E-state index is 12.8. The zero-order valence-corrected chi connectivity index (χ0v) is 17.0. The predicted molar refractivity (Wildman–Crippen MR) is 109 cm³/mol. The molecule has 3 N–H and O–H groups in total. The van der Waals surface area contributed by atoms with E-state index in [1.54, 1.807) is 43.3 Å². The number of hydrogen-bond donors (Lipinski definition) is 3. The molecular weight excluding hydrogens is 410 g/mol. The first-order valence-electron chi connectivity index (χ1n) is 8.95. The van der Waals surface area contributed by atoms with Crippen molar-refractivity contribution in [3.05, 3.63) is 65.4 Å². The molecule has 0 aliphatic carbocycles. The highest BCUT2D eigenvalue weighted by molar-refractivity contribution is 7.90. The Labute approximate surface area is 173 Å². The molecule has 0 unspecified atom stereocenters. The highest BCUT2D eigenvalue weighted by Gasteiger charge is 2.33. The van der Waals surface area contributed by atoms with E-state index in [-0.39, 0.29) is 11.5 Å². The van der Waals surface area contributed by atoms with Crippen LogP contribution in [0.5, 0.6) is 0 Å². The van der Waals surface area contributed by atoms with Gasteiger partial charge >= 0.3 is 5.97 Å². The molecule has 1 aliphatic heterocycles. The summed E-state index contributed by atoms with van der Waals surface area (Å²) < 4.78 is 31.9. The fraction of sp³-hybridized carbons (Fsp3) is 0.150. The zero-order valence-electron chi connectivity index (χ0n) is 16.2. The van der Waals surface area contributed by atoms with Crippen molar-refractivity contribution < 1.29 is 27.5 Å². The fourth-order valence-corrected chi connectivity index (χ4v) is 3.67. The monoisotopic (exact) mass is 429 g/mol. The van der Waals surface area contributed by atoms with Gasteiger partial charge in [-0.05, 0) is 38.1 Å². The van der Waals surface area contributed by atoms with Crippen molar-refractivity contribution in [2.45, 2.75) is 18.7 Å². The van der Waals surface area contributed by atoms with Crippen molar-refractivity contribution in [3.63, 3.8) is 0 Å². The number of ether oxygens (including phenoxy) is 1. The molecule has 1 aliphatic rings. The van der Waals surface area contributed by atoms with Crippen molar-refractivity contribution in [2.24, 2.45) is 0 Å². The van der Waals surface area contributed by atoms with Gasteiger partial charge in [0.1, 0.15) is 5.70 Å². The van der Waals surface area contributed by atoms with E-state index in [0.717, 1.165) is 5.56 Å². The fourth-order valence-electron chi connectivity index (χ4n) is 2.71. The van der Waals surface area contributed by atoms with Crippen LogP contribution in [0.4, 0.5) is 11.4 Å². The molecule has 0 radical (unpaired) electrons. The Kier molecular flexibility index (Phi) is 5.88. The molecule has 0 atom stereocenters. The van der Waals surface area contributed by atoms with E-state index >= 15 is 0 Å². The van der Waals surface area contributed by atoms with Gasteiger partial charge in [0.2, 0.25) is 0 Å². The minimum Gasteiger partial charge on any atom is -0.462 e. The topological polar surface area (TPSA) is 131 Å². The van der Waals surface area contributed by atoms with Crippen LogP contribution in [-0.4, -0.2) is 32.8 Å². The predicted octanol–water partition coefficient (Wildman–Crippen LogP) is 1.68. The maximum Gasteiger partial charge on any atom is 0.346 e. The van der Waals surface area contributed by atoms with Crippen LogP contribution in [0.2, 0.25) is 0 Å². The van der Waals surface area contributed by atoms with Gasteiger partial charge in [-0.1, -0.05) is 29.8 Å². The second kappa shape index (κ2) is 8.37. The minimum absolute atomic E-state index is 0.0776. The quantitative estimate of drug-likeness (QED) is 0.285. The average molecular weight is 429 g/mol. The Morgan fingerprint density at radius 3 is 2.20 bits per heavy atom. The number of amides is 2. The molecule has 0 aromatic heterocycles. The van der Waals surface area contributed by atoms with E-state index in [0.29, 0.717) is 11.4 Å². The highest BCUT2D eigenvalue weighted by atomic mass is 32.2. The summed E-state index contributed by atoms with van der Waals surface area (Å²) in [6.45, 7) is 3.22. The van der Waals surface area contributed by atoms with Gasteiger partial charge in [-0.15, -0.1) is 0 Å². The molecule has 0 bridgehead atoms. The summed E-state index contributed by atoms with van der Waals surface area (Å²) in [5.74, 6) is -3.20. The second-order valence-electron chi connectivity index (χ2n) is 6.34. The molecule has 9 nitrogen and oxygen atoms in total. The first kappa shape index (κ1) is 21.1. The standard InChI is InChI=1S/C20H19N3O6S/c1-3-29-20(26)16(17-19(25)22-15-7-5-4-6-14(15)21-17)18(24)23-30(27,28)13-10-8-12(2)9-11-13/h4-11,21H,3H2,1-2H3,(H,22,25)(H,23,24)/b17-16+. The third kappa shape index (κ3) is 4.33. The summed E-state index contributed by atoms with van der Waals surface area (Å²) in [4.78, 5) is 37.6. The van der Waals surface area contributed by atoms with Gasteiger partial charge < -0.3 is 15.4 Å². The Balaban J connectivity index is 2.01. The first-order chi connectivity index (χ1) is 14.2. The number of para-hydroxylation sites is 2. The molecule has 2 aromatic rings. The van der Waals surface area contributed by atoms with Crippen LogP contribution in [0.3, 0.4) is 0 Å². The number of fused-ring (bicyclic) bond motifs is 1. The summed E-state index contributed by atoms with van der Waals surface area (Å²) in [5, 5.41) is 5.26. The number of aryl methyl sites for hydroxylation is 1. The summed E-state index contributed by atoms with van der Waals surface area (Å²) >= 11 is 0. The van der Waals surface area contributed by atoms with Gasteiger partial charge in [0, 0.05) is 0 Å². The van der Waals surface area contributed by atoms with Gasteiger partial charge in [-0.25, -0.2) is 17.9 Å². The van der Waals surface area contributed by atoms with E-state index in [1.165, 1.54) is 19.1 Å². The third-order valence-electron chi connectivity index (χ3n) is 4.18. The smallest absolute Gasteiger partial charge is 0.346 e. The number of benzene rings is 2. The SMILES string of the molecule is CCOC(=O)/C(C(=O)NS(=O)(=O)c1ccc(C)cc1)=C1/Nc2ccccc2NC1=O. The molecule has 2 amide bonds. The van der Waals surface area contributed by atoms with Crippen molar-refractivity contribution in [3.8, 4) is 0 Å². The van der Waals surface area contributed by atoms with Crippen LogP contribution in [0, 0.1) is 6.92 Å². The normalized spacial score (nSPS) is 14.7. The van der Waals surface area contributed by atoms with Crippen LogP contribution in [0.25, 0.3) is 0 Å². The van der Waals surface area contributed by atoms with Gasteiger partial charge in [-0.3, -0.25) is 9.59 Å². The van der Waals surface area contributed by atoms with Gasteiger partial charge in [0.25, 0.3) is 21.8 Å². The van der Waals surface area contributed by atoms with E-state index in [2.05, 4.69) is 10.6 Å². The number of anilines is 2. The molecule has 0 saturated carbocycles. The lowest BCUT2D eigenvalue weighted by atomic mass is 10.1. The third-order valence-corrected chi connectivity index (χ3v) is 5.52. The van der Waals surface area contributed by atoms with Gasteiger partial charge in [0.05, 0.1) is 22.9 Å². The number of nitrogens with one attached hydrogen (secondary N) is 3. The molecule has 2 aromatic carbocycles. The lowest BCUT2D eigenvalue weighted by Crippen LogP contribution is -2.38. The lowest BCUT2D eigenvalue weighted by molar-refractivity contribution is -0.140. The molecule has 0 saturated heterocycles. The number of sulfonamides is 1. The molecule has 1 heterocycles. The van der Waals surface area contributed by atoms with Crippen molar-refractivity contribution in [1.82, 2.24) is 4.72 Å². The van der Waals surface area contributed by atoms with Crippen LogP contribution in [0.15, 0.2) is 64.7 Å². The van der Waals surface area contributed by atoms with Crippen LogP contribution in [0.1, 0.15) is 12.5 Å². The van der Waals surface area contributed by atoms with Gasteiger partial charge in [-0.2, -0.15) is 0 Å². The number of carbonyl (C=O) groups excluding carboxylic acids is 3. The zero-order chi connectivity index (χ0) is 21.9. The number of rotatable bonds is 5. The van der Waals surface area contributed by atoms with Crippen molar-refractivity contribution >= 4 is 39.2 Å². The van der Waals surface area contributed by atoms with E-state index in [1.807, 2.05) is 4.72 Å². The molecule has 156 valence electrons. The molecule has 10 heteroatoms. The maximum absolute atomic E-state index is 12.8. The van der Waals surface area contributed by atoms with E-state index < -0.39 is 39.1 Å². The summed E-state index contributed by atoms with van der Waals surface area (Å²) in [6, 6.07) is 12.4. The van der Waals surface area contributed by atoms with E-state index in [9.17, 15) is 22.8 Å². The van der Waals surface area contributed by atoms with Crippen molar-refractivity contribution in [2.75, 3.05) is 17.2 Å². The summed E-state index contributed by atoms with van der Waals surface area (Å²) in [7, 11) is -4.29. The number of hydrogen-bond acceptors (Lipinski definition) is 7. The number of esters is 1. The minimum atomic E-state index is -4.29.